The zero-order chi connectivity index (χ0) is 23.8. The lowest BCUT2D eigenvalue weighted by Gasteiger charge is -2.55. The Kier molecular flexibility index (Phi) is 6.26. The molecule has 0 bridgehead atoms. The van der Waals surface area contributed by atoms with Gasteiger partial charge in [0, 0.05) is 6.42 Å². The fourth-order valence-corrected chi connectivity index (χ4v) is 6.49. The van der Waals surface area contributed by atoms with Crippen molar-refractivity contribution in [3.63, 3.8) is 0 Å². The largest absolute Gasteiger partial charge is 0.507 e. The number of nitrogens with one attached hydrogen (secondary N) is 2. The highest BCUT2D eigenvalue weighted by Crippen LogP contribution is 2.58. The predicted molar refractivity (Wildman–Crippen MR) is 130 cm³/mol. The molecule has 2 aromatic carbocycles. The third-order valence-corrected chi connectivity index (χ3v) is 8.20. The number of amides is 2. The third-order valence-electron chi connectivity index (χ3n) is 8.20. The molecule has 2 aliphatic carbocycles. The van der Waals surface area contributed by atoms with E-state index in [0.717, 1.165) is 32.1 Å². The summed E-state index contributed by atoms with van der Waals surface area (Å²) in [7, 11) is 0. The number of fused-ring (bicyclic) bond motifs is 3. The molecule has 1 fully saturated rings. The number of hydrogen-bond donors (Lipinski definition) is 3. The Balaban J connectivity index is 1.48. The second-order valence-electron chi connectivity index (χ2n) is 10.8. The Hall–Kier alpha value is -2.82. The molecule has 1 saturated carbocycles. The van der Waals surface area contributed by atoms with Crippen molar-refractivity contribution < 1.29 is 14.7 Å². The summed E-state index contributed by atoms with van der Waals surface area (Å²) >= 11 is 0. The topological polar surface area (TPSA) is 78.4 Å². The van der Waals surface area contributed by atoms with Crippen LogP contribution in [0.3, 0.4) is 0 Å². The number of carbonyl (C=O) groups is 2. The summed E-state index contributed by atoms with van der Waals surface area (Å²) in [5, 5.41) is 9.86. The molecule has 4 rings (SSSR count). The maximum absolute atomic E-state index is 12.9. The van der Waals surface area contributed by atoms with Gasteiger partial charge >= 0.3 is 0 Å². The second kappa shape index (κ2) is 8.85. The van der Waals surface area contributed by atoms with Crippen molar-refractivity contribution in [2.45, 2.75) is 77.6 Å². The van der Waals surface area contributed by atoms with Gasteiger partial charge in [-0.1, -0.05) is 64.4 Å². The SMILES string of the molecule is CC(C)c1ccc2c(c1)CC[C@H]1[C@](C)(CC(=O)NNC(=O)c3ccccc3O)CCC[C@]21C. The number of para-hydroxylation sites is 1. The van der Waals surface area contributed by atoms with Crippen molar-refractivity contribution in [1.29, 1.82) is 0 Å². The molecule has 5 nitrogen and oxygen atoms in total. The first-order chi connectivity index (χ1) is 15.6. The van der Waals surface area contributed by atoms with Crippen LogP contribution in [0.2, 0.25) is 0 Å². The summed E-state index contributed by atoms with van der Waals surface area (Å²) in [6.45, 7) is 9.11. The van der Waals surface area contributed by atoms with Gasteiger partial charge in [0.1, 0.15) is 5.75 Å². The molecule has 0 radical (unpaired) electrons. The fraction of sp³-hybridized carbons (Fsp3) is 0.500. The lowest BCUT2D eigenvalue weighted by atomic mass is 9.49. The van der Waals surface area contributed by atoms with Gasteiger partial charge in [0.25, 0.3) is 5.91 Å². The van der Waals surface area contributed by atoms with E-state index in [2.05, 4.69) is 56.7 Å². The van der Waals surface area contributed by atoms with Crippen LogP contribution in [0.4, 0.5) is 0 Å². The van der Waals surface area contributed by atoms with Crippen LogP contribution in [0.1, 0.15) is 92.8 Å². The lowest BCUT2D eigenvalue weighted by molar-refractivity contribution is -0.126. The van der Waals surface area contributed by atoms with Crippen LogP contribution in [0.15, 0.2) is 42.5 Å². The van der Waals surface area contributed by atoms with Crippen molar-refractivity contribution in [2.24, 2.45) is 11.3 Å². The van der Waals surface area contributed by atoms with Gasteiger partial charge in [0.05, 0.1) is 5.56 Å². The Morgan fingerprint density at radius 2 is 1.85 bits per heavy atom. The molecule has 0 aromatic heterocycles. The maximum Gasteiger partial charge on any atom is 0.273 e. The van der Waals surface area contributed by atoms with Crippen LogP contribution in [0, 0.1) is 11.3 Å². The normalized spacial score (nSPS) is 26.3. The van der Waals surface area contributed by atoms with Gasteiger partial charge < -0.3 is 5.11 Å². The molecule has 0 heterocycles. The lowest BCUT2D eigenvalue weighted by Crippen LogP contribution is -2.51. The zero-order valence-corrected chi connectivity index (χ0v) is 20.2. The van der Waals surface area contributed by atoms with Gasteiger partial charge in [-0.05, 0) is 77.2 Å². The minimum absolute atomic E-state index is 0.0649. The molecule has 0 saturated heterocycles. The Morgan fingerprint density at radius 1 is 1.09 bits per heavy atom. The first-order valence-electron chi connectivity index (χ1n) is 12.1. The quantitative estimate of drug-likeness (QED) is 0.550. The third kappa shape index (κ3) is 4.38. The van der Waals surface area contributed by atoms with Crippen molar-refractivity contribution in [3.05, 3.63) is 64.7 Å². The maximum atomic E-state index is 12.9. The molecule has 3 atom stereocenters. The predicted octanol–water partition coefficient (Wildman–Crippen LogP) is 5.38. The Morgan fingerprint density at radius 3 is 2.58 bits per heavy atom. The van der Waals surface area contributed by atoms with E-state index in [4.69, 9.17) is 0 Å². The summed E-state index contributed by atoms with van der Waals surface area (Å²) in [5.41, 5.74) is 9.44. The van der Waals surface area contributed by atoms with E-state index in [1.54, 1.807) is 12.1 Å². The van der Waals surface area contributed by atoms with Crippen LogP contribution in [-0.2, 0) is 16.6 Å². The average Bonchev–Trinajstić information content (AvgIpc) is 2.77. The molecule has 0 unspecified atom stereocenters. The molecule has 2 amide bonds. The van der Waals surface area contributed by atoms with Crippen molar-refractivity contribution in [3.8, 4) is 5.75 Å². The highest BCUT2D eigenvalue weighted by Gasteiger charge is 2.52. The summed E-state index contributed by atoms with van der Waals surface area (Å²) in [4.78, 5) is 25.2. The number of hydrogen-bond acceptors (Lipinski definition) is 3. The molecule has 5 heteroatoms. The van der Waals surface area contributed by atoms with Gasteiger partial charge in [0.15, 0.2) is 0 Å². The molecule has 2 aliphatic rings. The van der Waals surface area contributed by atoms with Crippen molar-refractivity contribution >= 4 is 11.8 Å². The van der Waals surface area contributed by atoms with Crippen molar-refractivity contribution in [2.75, 3.05) is 0 Å². The van der Waals surface area contributed by atoms with Crippen LogP contribution < -0.4 is 10.9 Å². The van der Waals surface area contributed by atoms with Crippen LogP contribution in [-0.4, -0.2) is 16.9 Å². The number of phenols is 1. The molecule has 3 N–H and O–H groups in total. The standard InChI is InChI=1S/C28H36N2O3/c1-18(2)19-10-12-22-20(16-19)11-13-24-27(3,14-7-15-28(22,24)4)17-25(32)29-30-26(33)21-8-5-6-9-23(21)31/h5-6,8-10,12,16,18,24,31H,7,11,13-15,17H2,1-4H3,(H,29,32)(H,30,33)/t24-,27-,28+/m0/s1. The molecular formula is C28H36N2O3. The monoisotopic (exact) mass is 448 g/mol. The summed E-state index contributed by atoms with van der Waals surface area (Å²) in [5.74, 6) is 0.116. The van der Waals surface area contributed by atoms with Gasteiger partial charge in [-0.2, -0.15) is 0 Å². The number of hydrazine groups is 1. The van der Waals surface area contributed by atoms with E-state index >= 15 is 0 Å². The van der Waals surface area contributed by atoms with Crippen LogP contribution in [0.5, 0.6) is 5.75 Å². The number of aryl methyl sites for hydroxylation is 1. The number of benzene rings is 2. The van der Waals surface area contributed by atoms with E-state index in [0.29, 0.717) is 18.3 Å². The van der Waals surface area contributed by atoms with Crippen LogP contribution >= 0.6 is 0 Å². The van der Waals surface area contributed by atoms with E-state index < -0.39 is 5.91 Å². The van der Waals surface area contributed by atoms with Gasteiger partial charge in [0.2, 0.25) is 5.91 Å². The molecule has 33 heavy (non-hydrogen) atoms. The Bertz CT molecular complexity index is 1060. The zero-order valence-electron chi connectivity index (χ0n) is 20.2. The number of aromatic hydroxyl groups is 1. The fourth-order valence-electron chi connectivity index (χ4n) is 6.49. The van der Waals surface area contributed by atoms with Gasteiger partial charge in [-0.3, -0.25) is 20.4 Å². The van der Waals surface area contributed by atoms with E-state index in [1.165, 1.54) is 28.8 Å². The number of carbonyl (C=O) groups excluding carboxylic acids is 2. The summed E-state index contributed by atoms with van der Waals surface area (Å²) < 4.78 is 0. The van der Waals surface area contributed by atoms with E-state index in [1.807, 2.05) is 0 Å². The first kappa shape index (κ1) is 23.3. The van der Waals surface area contributed by atoms with E-state index in [-0.39, 0.29) is 28.1 Å². The average molecular weight is 449 g/mol. The smallest absolute Gasteiger partial charge is 0.273 e. The highest BCUT2D eigenvalue weighted by molar-refractivity contribution is 5.97. The molecule has 0 aliphatic heterocycles. The summed E-state index contributed by atoms with van der Waals surface area (Å²) in [6.07, 6.45) is 5.75. The highest BCUT2D eigenvalue weighted by atomic mass is 16.3. The molecular weight excluding hydrogens is 412 g/mol. The summed E-state index contributed by atoms with van der Waals surface area (Å²) in [6, 6.07) is 13.3. The van der Waals surface area contributed by atoms with E-state index in [9.17, 15) is 14.7 Å². The van der Waals surface area contributed by atoms with Crippen LogP contribution in [0.25, 0.3) is 0 Å². The minimum Gasteiger partial charge on any atom is -0.507 e. The molecule has 0 spiro atoms. The van der Waals surface area contributed by atoms with Gasteiger partial charge in [-0.15, -0.1) is 0 Å². The second-order valence-corrected chi connectivity index (χ2v) is 10.8. The number of rotatable bonds is 4. The Labute approximate surface area is 197 Å². The minimum atomic E-state index is -0.521. The van der Waals surface area contributed by atoms with Crippen molar-refractivity contribution in [1.82, 2.24) is 10.9 Å². The molecule has 2 aromatic rings. The van der Waals surface area contributed by atoms with Gasteiger partial charge in [-0.25, -0.2) is 0 Å². The first-order valence-corrected chi connectivity index (χ1v) is 12.1. The molecule has 176 valence electrons. The number of phenolic OH excluding ortho intramolecular Hbond substituents is 1.